The van der Waals surface area contributed by atoms with Crippen molar-refractivity contribution >= 4 is 16.3 Å². The number of fused-ring (bicyclic) bond motifs is 1. The first-order chi connectivity index (χ1) is 10.3. The van der Waals surface area contributed by atoms with Crippen molar-refractivity contribution in [1.82, 2.24) is 14.7 Å². The van der Waals surface area contributed by atoms with Crippen LogP contribution in [-0.2, 0) is 13.0 Å². The van der Waals surface area contributed by atoms with Crippen LogP contribution in [0, 0.1) is 6.92 Å². The molecular formula is C16H19N3OS. The van der Waals surface area contributed by atoms with Crippen LogP contribution in [0.3, 0.4) is 0 Å². The molecule has 0 atom stereocenters. The number of rotatable bonds is 6. The molecule has 2 heterocycles. The normalized spacial score (nSPS) is 11.1. The lowest BCUT2D eigenvalue weighted by Gasteiger charge is -2.06. The third-order valence-corrected chi connectivity index (χ3v) is 4.36. The molecule has 21 heavy (non-hydrogen) atoms. The highest BCUT2D eigenvalue weighted by atomic mass is 32.1. The fourth-order valence-electron chi connectivity index (χ4n) is 2.39. The van der Waals surface area contributed by atoms with Crippen molar-refractivity contribution in [1.29, 1.82) is 0 Å². The van der Waals surface area contributed by atoms with Gasteiger partial charge in [0.15, 0.2) is 4.96 Å². The first-order valence-corrected chi connectivity index (χ1v) is 7.90. The minimum atomic E-state index is 0.847. The van der Waals surface area contributed by atoms with Gasteiger partial charge >= 0.3 is 0 Å². The molecule has 110 valence electrons. The number of hydrogen-bond donors (Lipinski definition) is 1. The molecule has 2 aromatic heterocycles. The predicted molar refractivity (Wildman–Crippen MR) is 86.2 cm³/mol. The summed E-state index contributed by atoms with van der Waals surface area (Å²) in [6.07, 6.45) is 3.09. The summed E-state index contributed by atoms with van der Waals surface area (Å²) < 4.78 is 7.33. The van der Waals surface area contributed by atoms with E-state index in [2.05, 4.69) is 45.3 Å². The second-order valence-electron chi connectivity index (χ2n) is 4.97. The SMILES string of the molecule is COc1ccc(CCNCc2c(C)nc3sccn23)cc1. The highest BCUT2D eigenvalue weighted by Gasteiger charge is 2.08. The van der Waals surface area contributed by atoms with E-state index in [1.807, 2.05) is 12.1 Å². The zero-order valence-electron chi connectivity index (χ0n) is 12.3. The Hall–Kier alpha value is -1.85. The van der Waals surface area contributed by atoms with Crippen molar-refractivity contribution in [3.8, 4) is 5.75 Å². The van der Waals surface area contributed by atoms with E-state index < -0.39 is 0 Å². The average molecular weight is 301 g/mol. The molecule has 4 nitrogen and oxygen atoms in total. The van der Waals surface area contributed by atoms with Crippen molar-refractivity contribution in [2.45, 2.75) is 19.9 Å². The standard InChI is InChI=1S/C16H19N3OS/c1-12-15(19-9-10-21-16(19)18-12)11-17-8-7-13-3-5-14(20-2)6-4-13/h3-6,9-10,17H,7-8,11H2,1-2H3. The molecule has 0 aliphatic rings. The van der Waals surface area contributed by atoms with Gasteiger partial charge in [-0.15, -0.1) is 11.3 Å². The number of methoxy groups -OCH3 is 1. The van der Waals surface area contributed by atoms with E-state index in [4.69, 9.17) is 4.74 Å². The number of thiazole rings is 1. The third kappa shape index (κ3) is 3.09. The Kier molecular flexibility index (Phi) is 4.22. The molecule has 0 saturated heterocycles. The Bertz CT molecular complexity index is 715. The van der Waals surface area contributed by atoms with Crippen molar-refractivity contribution < 1.29 is 4.74 Å². The molecule has 0 saturated carbocycles. The number of nitrogens with zero attached hydrogens (tertiary/aromatic N) is 2. The van der Waals surface area contributed by atoms with Crippen molar-refractivity contribution in [2.75, 3.05) is 13.7 Å². The monoisotopic (exact) mass is 301 g/mol. The minimum absolute atomic E-state index is 0.847. The zero-order valence-corrected chi connectivity index (χ0v) is 13.1. The maximum Gasteiger partial charge on any atom is 0.194 e. The Morgan fingerprint density at radius 1 is 1.29 bits per heavy atom. The van der Waals surface area contributed by atoms with Gasteiger partial charge in [0.1, 0.15) is 5.75 Å². The molecule has 0 bridgehead atoms. The number of benzene rings is 1. The number of aryl methyl sites for hydroxylation is 1. The van der Waals surface area contributed by atoms with Crippen molar-refractivity contribution in [3.63, 3.8) is 0 Å². The molecule has 5 heteroatoms. The van der Waals surface area contributed by atoms with E-state index in [1.54, 1.807) is 18.4 Å². The van der Waals surface area contributed by atoms with Crippen LogP contribution >= 0.6 is 11.3 Å². The zero-order chi connectivity index (χ0) is 14.7. The lowest BCUT2D eigenvalue weighted by Crippen LogP contribution is -2.18. The fourth-order valence-corrected chi connectivity index (χ4v) is 3.16. The molecule has 0 fully saturated rings. The number of imidazole rings is 1. The molecule has 1 aromatic carbocycles. The Morgan fingerprint density at radius 2 is 2.10 bits per heavy atom. The van der Waals surface area contributed by atoms with E-state index in [9.17, 15) is 0 Å². The number of nitrogens with one attached hydrogen (secondary N) is 1. The van der Waals surface area contributed by atoms with Gasteiger partial charge < -0.3 is 10.1 Å². The van der Waals surface area contributed by atoms with Crippen LogP contribution in [0.25, 0.3) is 4.96 Å². The molecule has 0 aliphatic heterocycles. The summed E-state index contributed by atoms with van der Waals surface area (Å²) in [7, 11) is 1.69. The maximum absolute atomic E-state index is 5.17. The summed E-state index contributed by atoms with van der Waals surface area (Å²) in [4.78, 5) is 5.63. The number of hydrogen-bond acceptors (Lipinski definition) is 4. The molecule has 3 aromatic rings. The molecule has 0 unspecified atom stereocenters. The van der Waals surface area contributed by atoms with E-state index in [-0.39, 0.29) is 0 Å². The molecule has 1 N–H and O–H groups in total. The summed E-state index contributed by atoms with van der Waals surface area (Å²) >= 11 is 1.67. The smallest absolute Gasteiger partial charge is 0.194 e. The van der Waals surface area contributed by atoms with E-state index in [1.165, 1.54) is 11.3 Å². The topological polar surface area (TPSA) is 38.6 Å². The number of aromatic nitrogens is 2. The van der Waals surface area contributed by atoms with Crippen LogP contribution in [0.2, 0.25) is 0 Å². The van der Waals surface area contributed by atoms with Gasteiger partial charge in [0.25, 0.3) is 0 Å². The van der Waals surface area contributed by atoms with Gasteiger partial charge in [-0.05, 0) is 37.6 Å². The Labute approximate surface area is 128 Å². The van der Waals surface area contributed by atoms with Gasteiger partial charge in [0.05, 0.1) is 18.5 Å². The second kappa shape index (κ2) is 6.28. The van der Waals surface area contributed by atoms with Crippen LogP contribution in [-0.4, -0.2) is 23.0 Å². The van der Waals surface area contributed by atoms with Gasteiger partial charge in [0, 0.05) is 18.1 Å². The summed E-state index contributed by atoms with van der Waals surface area (Å²) in [6, 6.07) is 8.24. The highest BCUT2D eigenvalue weighted by Crippen LogP contribution is 2.16. The van der Waals surface area contributed by atoms with Crippen LogP contribution in [0.1, 0.15) is 17.0 Å². The average Bonchev–Trinajstić information content (AvgIpc) is 3.06. The lowest BCUT2D eigenvalue weighted by molar-refractivity contribution is 0.414. The largest absolute Gasteiger partial charge is 0.497 e. The van der Waals surface area contributed by atoms with Crippen LogP contribution in [0.15, 0.2) is 35.8 Å². The first-order valence-electron chi connectivity index (χ1n) is 7.02. The summed E-state index contributed by atoms with van der Waals surface area (Å²) in [6.45, 7) is 3.86. The summed E-state index contributed by atoms with van der Waals surface area (Å²) in [5.74, 6) is 0.904. The maximum atomic E-state index is 5.17. The molecule has 0 aliphatic carbocycles. The van der Waals surface area contributed by atoms with E-state index in [0.29, 0.717) is 0 Å². The summed E-state index contributed by atoms with van der Waals surface area (Å²) in [5, 5.41) is 5.57. The molecular weight excluding hydrogens is 282 g/mol. The van der Waals surface area contributed by atoms with E-state index in [0.717, 1.165) is 35.9 Å². The quantitative estimate of drug-likeness (QED) is 0.711. The van der Waals surface area contributed by atoms with Crippen LogP contribution in [0.4, 0.5) is 0 Å². The van der Waals surface area contributed by atoms with Gasteiger partial charge in [-0.3, -0.25) is 4.40 Å². The molecule has 0 spiro atoms. The van der Waals surface area contributed by atoms with E-state index >= 15 is 0 Å². The first kappa shape index (κ1) is 14.1. The molecule has 3 rings (SSSR count). The van der Waals surface area contributed by atoms with Gasteiger partial charge in [-0.2, -0.15) is 0 Å². The fraction of sp³-hybridized carbons (Fsp3) is 0.312. The van der Waals surface area contributed by atoms with Gasteiger partial charge in [-0.25, -0.2) is 4.98 Å². The second-order valence-corrected chi connectivity index (χ2v) is 5.85. The molecule has 0 amide bonds. The van der Waals surface area contributed by atoms with Crippen molar-refractivity contribution in [3.05, 3.63) is 52.8 Å². The molecule has 0 radical (unpaired) electrons. The van der Waals surface area contributed by atoms with Gasteiger partial charge in [0.2, 0.25) is 0 Å². The van der Waals surface area contributed by atoms with Crippen molar-refractivity contribution in [2.24, 2.45) is 0 Å². The highest BCUT2D eigenvalue weighted by molar-refractivity contribution is 7.15. The predicted octanol–water partition coefficient (Wildman–Crippen LogP) is 3.05. The Balaban J connectivity index is 1.54. The van der Waals surface area contributed by atoms with Gasteiger partial charge in [-0.1, -0.05) is 12.1 Å². The van der Waals surface area contributed by atoms with Crippen LogP contribution < -0.4 is 10.1 Å². The minimum Gasteiger partial charge on any atom is -0.497 e. The summed E-state index contributed by atoms with van der Waals surface area (Å²) in [5.41, 5.74) is 3.67. The number of ether oxygens (including phenoxy) is 1. The lowest BCUT2D eigenvalue weighted by atomic mass is 10.1. The third-order valence-electron chi connectivity index (χ3n) is 3.60. The Morgan fingerprint density at radius 3 is 2.86 bits per heavy atom. The van der Waals surface area contributed by atoms with Crippen LogP contribution in [0.5, 0.6) is 5.75 Å².